The van der Waals surface area contributed by atoms with E-state index in [1.165, 1.54) is 89.9 Å². The van der Waals surface area contributed by atoms with Gasteiger partial charge in [-0.3, -0.25) is 0 Å². The molecule has 0 N–H and O–H groups in total. The van der Waals surface area contributed by atoms with Crippen molar-refractivity contribution in [3.8, 4) is 0 Å². The number of unbranched alkanes of at least 4 members (excludes halogenated alkanes) is 12. The molecule has 24 heavy (non-hydrogen) atoms. The van der Waals surface area contributed by atoms with E-state index in [0.29, 0.717) is 10.8 Å². The van der Waals surface area contributed by atoms with Gasteiger partial charge in [0.1, 0.15) is 0 Å². The first kappa shape index (κ1) is 24.0. The van der Waals surface area contributed by atoms with E-state index in [2.05, 4.69) is 48.5 Å². The van der Waals surface area contributed by atoms with Crippen LogP contribution in [0.25, 0.3) is 0 Å². The molecule has 0 fully saturated rings. The molecule has 146 valence electrons. The minimum Gasteiger partial charge on any atom is -0.0654 e. The summed E-state index contributed by atoms with van der Waals surface area (Å²) in [7, 11) is 0. The van der Waals surface area contributed by atoms with Crippen LogP contribution in [0.15, 0.2) is 0 Å². The Labute approximate surface area is 155 Å². The Morgan fingerprint density at radius 2 is 0.875 bits per heavy atom. The van der Waals surface area contributed by atoms with Crippen molar-refractivity contribution < 1.29 is 0 Å². The first-order valence-electron chi connectivity index (χ1n) is 11.2. The van der Waals surface area contributed by atoms with Crippen LogP contribution in [-0.2, 0) is 0 Å². The molecule has 0 aromatic carbocycles. The SMILES string of the molecule is CCCCCCCCCCCCCCCC(C)C(C)(C)C(C)(C)C. The molecule has 0 nitrogen and oxygen atoms in total. The van der Waals surface area contributed by atoms with Crippen LogP contribution in [0.4, 0.5) is 0 Å². The van der Waals surface area contributed by atoms with Crippen LogP contribution in [0.3, 0.4) is 0 Å². The average Bonchev–Trinajstić information content (AvgIpc) is 2.50. The maximum atomic E-state index is 2.46. The third kappa shape index (κ3) is 10.8. The lowest BCUT2D eigenvalue weighted by molar-refractivity contribution is 0.0578. The predicted molar refractivity (Wildman–Crippen MR) is 113 cm³/mol. The molecule has 0 spiro atoms. The highest BCUT2D eigenvalue weighted by Gasteiger charge is 2.36. The lowest BCUT2D eigenvalue weighted by Gasteiger charge is -2.44. The van der Waals surface area contributed by atoms with Crippen molar-refractivity contribution in [1.29, 1.82) is 0 Å². The quantitative estimate of drug-likeness (QED) is 0.261. The first-order valence-corrected chi connectivity index (χ1v) is 11.2. The zero-order chi connectivity index (χ0) is 18.5. The van der Waals surface area contributed by atoms with Crippen LogP contribution in [0.2, 0.25) is 0 Å². The van der Waals surface area contributed by atoms with E-state index in [0.717, 1.165) is 5.92 Å². The number of hydrogen-bond donors (Lipinski definition) is 0. The fourth-order valence-electron chi connectivity index (χ4n) is 3.57. The maximum absolute atomic E-state index is 2.46. The second kappa shape index (κ2) is 13.2. The Bertz CT molecular complexity index is 268. The highest BCUT2D eigenvalue weighted by atomic mass is 14.4. The van der Waals surface area contributed by atoms with Gasteiger partial charge in [-0.1, -0.05) is 138 Å². The standard InChI is InChI=1S/C24H50/c1-8-9-10-11-12-13-14-15-16-17-18-19-20-21-22(2)24(6,7)23(3,4)5/h22H,8-21H2,1-7H3. The molecule has 0 saturated carbocycles. The number of hydrogen-bond acceptors (Lipinski definition) is 0. The van der Waals surface area contributed by atoms with Gasteiger partial charge >= 0.3 is 0 Å². The van der Waals surface area contributed by atoms with Gasteiger partial charge in [-0.25, -0.2) is 0 Å². The average molecular weight is 339 g/mol. The summed E-state index contributed by atoms with van der Waals surface area (Å²) in [4.78, 5) is 0. The van der Waals surface area contributed by atoms with Crippen LogP contribution in [-0.4, -0.2) is 0 Å². The van der Waals surface area contributed by atoms with Crippen molar-refractivity contribution in [2.45, 2.75) is 138 Å². The normalized spacial score (nSPS) is 14.1. The van der Waals surface area contributed by atoms with E-state index >= 15 is 0 Å². The van der Waals surface area contributed by atoms with Gasteiger partial charge in [0.15, 0.2) is 0 Å². The Morgan fingerprint density at radius 1 is 0.542 bits per heavy atom. The van der Waals surface area contributed by atoms with Crippen LogP contribution in [0.1, 0.15) is 138 Å². The van der Waals surface area contributed by atoms with Crippen molar-refractivity contribution in [1.82, 2.24) is 0 Å². The van der Waals surface area contributed by atoms with E-state index in [4.69, 9.17) is 0 Å². The molecule has 0 aromatic heterocycles. The van der Waals surface area contributed by atoms with E-state index in [1.54, 1.807) is 0 Å². The molecule has 0 saturated heterocycles. The first-order chi connectivity index (χ1) is 11.2. The fourth-order valence-corrected chi connectivity index (χ4v) is 3.57. The molecule has 0 aliphatic rings. The fraction of sp³-hybridized carbons (Fsp3) is 1.00. The summed E-state index contributed by atoms with van der Waals surface area (Å²) in [5.74, 6) is 0.824. The van der Waals surface area contributed by atoms with Crippen molar-refractivity contribution >= 4 is 0 Å². The molecule has 0 bridgehead atoms. The molecule has 0 aromatic rings. The second-order valence-electron chi connectivity index (χ2n) is 9.90. The topological polar surface area (TPSA) is 0 Å². The van der Waals surface area contributed by atoms with Gasteiger partial charge in [0, 0.05) is 0 Å². The van der Waals surface area contributed by atoms with E-state index in [-0.39, 0.29) is 0 Å². The molecule has 0 rings (SSSR count). The summed E-state index contributed by atoms with van der Waals surface area (Å²) in [5.41, 5.74) is 0.840. The van der Waals surface area contributed by atoms with Crippen LogP contribution < -0.4 is 0 Å². The van der Waals surface area contributed by atoms with Crippen molar-refractivity contribution in [3.05, 3.63) is 0 Å². The second-order valence-corrected chi connectivity index (χ2v) is 9.90. The summed E-state index contributed by atoms with van der Waals surface area (Å²) in [5, 5.41) is 0. The maximum Gasteiger partial charge on any atom is -0.0280 e. The largest absolute Gasteiger partial charge is 0.0654 e. The molecule has 0 aliphatic carbocycles. The van der Waals surface area contributed by atoms with Gasteiger partial charge < -0.3 is 0 Å². The van der Waals surface area contributed by atoms with E-state index < -0.39 is 0 Å². The lowest BCUT2D eigenvalue weighted by atomic mass is 9.61. The summed E-state index contributed by atoms with van der Waals surface area (Å²) in [6.07, 6.45) is 20.3. The van der Waals surface area contributed by atoms with E-state index in [1.807, 2.05) is 0 Å². The van der Waals surface area contributed by atoms with Crippen LogP contribution in [0, 0.1) is 16.7 Å². The smallest absolute Gasteiger partial charge is 0.0280 e. The van der Waals surface area contributed by atoms with E-state index in [9.17, 15) is 0 Å². The lowest BCUT2D eigenvalue weighted by Crippen LogP contribution is -2.35. The summed E-state index contributed by atoms with van der Waals surface area (Å²) in [6.45, 7) is 16.9. The Morgan fingerprint density at radius 3 is 1.21 bits per heavy atom. The highest BCUT2D eigenvalue weighted by Crippen LogP contribution is 2.45. The monoisotopic (exact) mass is 338 g/mol. The molecule has 0 aliphatic heterocycles. The zero-order valence-corrected chi connectivity index (χ0v) is 18.5. The molecule has 0 radical (unpaired) electrons. The minimum absolute atomic E-state index is 0.406. The van der Waals surface area contributed by atoms with Gasteiger partial charge in [0.05, 0.1) is 0 Å². The Kier molecular flexibility index (Phi) is 13.2. The Hall–Kier alpha value is 0. The minimum atomic E-state index is 0.406. The summed E-state index contributed by atoms with van der Waals surface area (Å²) < 4.78 is 0. The molecular weight excluding hydrogens is 288 g/mol. The molecule has 0 amide bonds. The molecule has 0 heterocycles. The van der Waals surface area contributed by atoms with Crippen molar-refractivity contribution in [2.75, 3.05) is 0 Å². The third-order valence-corrected chi connectivity index (χ3v) is 6.91. The Balaban J connectivity index is 3.43. The van der Waals surface area contributed by atoms with Crippen LogP contribution in [0.5, 0.6) is 0 Å². The van der Waals surface area contributed by atoms with Gasteiger partial charge in [0.25, 0.3) is 0 Å². The van der Waals surface area contributed by atoms with Crippen LogP contribution >= 0.6 is 0 Å². The van der Waals surface area contributed by atoms with Gasteiger partial charge in [-0.05, 0) is 16.7 Å². The van der Waals surface area contributed by atoms with Gasteiger partial charge in [0.2, 0.25) is 0 Å². The third-order valence-electron chi connectivity index (χ3n) is 6.91. The molecule has 1 unspecified atom stereocenters. The summed E-state index contributed by atoms with van der Waals surface area (Å²) in [6, 6.07) is 0. The number of rotatable bonds is 15. The molecular formula is C24H50. The van der Waals surface area contributed by atoms with Gasteiger partial charge in [-0.15, -0.1) is 0 Å². The molecule has 1 atom stereocenters. The predicted octanol–water partition coefficient (Wildman–Crippen LogP) is 9.18. The summed E-state index contributed by atoms with van der Waals surface area (Å²) >= 11 is 0. The molecule has 0 heteroatoms. The highest BCUT2D eigenvalue weighted by molar-refractivity contribution is 4.86. The zero-order valence-electron chi connectivity index (χ0n) is 18.5. The van der Waals surface area contributed by atoms with Crippen molar-refractivity contribution in [3.63, 3.8) is 0 Å². The van der Waals surface area contributed by atoms with Gasteiger partial charge in [-0.2, -0.15) is 0 Å². The van der Waals surface area contributed by atoms with Crippen molar-refractivity contribution in [2.24, 2.45) is 16.7 Å².